The van der Waals surface area contributed by atoms with Crippen LogP contribution in [0.4, 0.5) is 5.69 Å². The van der Waals surface area contributed by atoms with Crippen LogP contribution in [0, 0.1) is 0 Å². The summed E-state index contributed by atoms with van der Waals surface area (Å²) in [5.74, 6) is 0.792. The van der Waals surface area contributed by atoms with Gasteiger partial charge in [-0.3, -0.25) is 4.79 Å². The fraction of sp³-hybridized carbons (Fsp3) is 0.500. The second-order valence-electron chi connectivity index (χ2n) is 4.27. The van der Waals surface area contributed by atoms with Crippen LogP contribution in [-0.4, -0.2) is 25.6 Å². The van der Waals surface area contributed by atoms with Crippen molar-refractivity contribution >= 4 is 11.6 Å². The lowest BCUT2D eigenvalue weighted by Gasteiger charge is -2.13. The van der Waals surface area contributed by atoms with E-state index >= 15 is 0 Å². The average Bonchev–Trinajstić information content (AvgIpc) is 2.36. The first-order valence-corrected chi connectivity index (χ1v) is 6.37. The molecule has 0 aliphatic carbocycles. The molecule has 1 aromatic rings. The number of ether oxygens (including phenoxy) is 1. The van der Waals surface area contributed by atoms with Crippen LogP contribution in [0.3, 0.4) is 0 Å². The minimum atomic E-state index is 0.00467. The molecule has 4 heteroatoms. The van der Waals surface area contributed by atoms with Gasteiger partial charge in [0.25, 0.3) is 0 Å². The summed E-state index contributed by atoms with van der Waals surface area (Å²) in [6.45, 7) is 4.78. The van der Waals surface area contributed by atoms with Gasteiger partial charge in [-0.15, -0.1) is 0 Å². The number of carbonyl (C=O) groups excluding carboxylic acids is 1. The molecule has 1 aromatic carbocycles. The van der Waals surface area contributed by atoms with Crippen LogP contribution in [0.25, 0.3) is 0 Å². The molecule has 18 heavy (non-hydrogen) atoms. The number of hydrogen-bond donors (Lipinski definition) is 2. The lowest BCUT2D eigenvalue weighted by Crippen LogP contribution is -2.18. The van der Waals surface area contributed by atoms with Crippen molar-refractivity contribution in [3.63, 3.8) is 0 Å². The Morgan fingerprint density at radius 1 is 1.44 bits per heavy atom. The molecule has 0 bridgehead atoms. The van der Waals surface area contributed by atoms with Gasteiger partial charge in [0, 0.05) is 24.7 Å². The van der Waals surface area contributed by atoms with Gasteiger partial charge < -0.3 is 15.4 Å². The summed E-state index contributed by atoms with van der Waals surface area (Å²) in [7, 11) is 1.83. The van der Waals surface area contributed by atoms with E-state index in [9.17, 15) is 4.79 Å². The van der Waals surface area contributed by atoms with Crippen LogP contribution < -0.4 is 15.4 Å². The summed E-state index contributed by atoms with van der Waals surface area (Å²) in [5, 5.41) is 5.79. The third kappa shape index (κ3) is 5.19. The smallest absolute Gasteiger partial charge is 0.225 e. The molecule has 1 amide bonds. The lowest BCUT2D eigenvalue weighted by molar-refractivity contribution is -0.116. The number of nitrogens with one attached hydrogen (secondary N) is 2. The van der Waals surface area contributed by atoms with E-state index < -0.39 is 0 Å². The SMILES string of the molecule is CCC(C)Oc1cccc(NC(=O)CCNC)c1. The number of amides is 1. The Morgan fingerprint density at radius 3 is 2.89 bits per heavy atom. The van der Waals surface area contributed by atoms with Gasteiger partial charge >= 0.3 is 0 Å². The van der Waals surface area contributed by atoms with Crippen molar-refractivity contribution in [1.29, 1.82) is 0 Å². The molecule has 0 aromatic heterocycles. The molecule has 0 heterocycles. The van der Waals surface area contributed by atoms with Gasteiger partial charge in [0.1, 0.15) is 5.75 Å². The summed E-state index contributed by atoms with van der Waals surface area (Å²) in [6.07, 6.45) is 1.60. The Balaban J connectivity index is 2.56. The van der Waals surface area contributed by atoms with E-state index in [1.54, 1.807) is 0 Å². The number of anilines is 1. The second kappa shape index (κ2) is 7.71. The van der Waals surface area contributed by atoms with Crippen LogP contribution in [0.1, 0.15) is 26.7 Å². The van der Waals surface area contributed by atoms with E-state index in [4.69, 9.17) is 4.74 Å². The molecule has 0 aliphatic rings. The van der Waals surface area contributed by atoms with Crippen molar-refractivity contribution < 1.29 is 9.53 Å². The van der Waals surface area contributed by atoms with Gasteiger partial charge in [0.2, 0.25) is 5.91 Å². The van der Waals surface area contributed by atoms with Crippen LogP contribution in [0.15, 0.2) is 24.3 Å². The van der Waals surface area contributed by atoms with E-state index in [-0.39, 0.29) is 12.0 Å². The Morgan fingerprint density at radius 2 is 2.22 bits per heavy atom. The summed E-state index contributed by atoms with van der Waals surface area (Å²) >= 11 is 0. The maximum atomic E-state index is 11.6. The zero-order valence-corrected chi connectivity index (χ0v) is 11.3. The standard InChI is InChI=1S/C14H22N2O2/c1-4-11(2)18-13-7-5-6-12(10-13)16-14(17)8-9-15-3/h5-7,10-11,15H,4,8-9H2,1-3H3,(H,16,17). The minimum Gasteiger partial charge on any atom is -0.491 e. The zero-order chi connectivity index (χ0) is 13.4. The zero-order valence-electron chi connectivity index (χ0n) is 11.3. The van der Waals surface area contributed by atoms with Crippen molar-refractivity contribution in [2.45, 2.75) is 32.8 Å². The van der Waals surface area contributed by atoms with E-state index in [1.165, 1.54) is 0 Å². The highest BCUT2D eigenvalue weighted by molar-refractivity contribution is 5.90. The molecular weight excluding hydrogens is 228 g/mol. The van der Waals surface area contributed by atoms with Crippen LogP contribution in [-0.2, 0) is 4.79 Å². The Labute approximate surface area is 109 Å². The quantitative estimate of drug-likeness (QED) is 0.781. The van der Waals surface area contributed by atoms with Gasteiger partial charge in [-0.2, -0.15) is 0 Å². The van der Waals surface area contributed by atoms with Gasteiger partial charge in [0.15, 0.2) is 0 Å². The fourth-order valence-electron chi connectivity index (χ4n) is 1.42. The molecule has 4 nitrogen and oxygen atoms in total. The molecule has 0 fully saturated rings. The molecule has 1 atom stereocenters. The number of benzene rings is 1. The Hall–Kier alpha value is -1.55. The topological polar surface area (TPSA) is 50.4 Å². The van der Waals surface area contributed by atoms with Gasteiger partial charge in [0.05, 0.1) is 6.10 Å². The summed E-state index contributed by atoms with van der Waals surface area (Å²) in [4.78, 5) is 11.6. The van der Waals surface area contributed by atoms with Crippen LogP contribution >= 0.6 is 0 Å². The second-order valence-corrected chi connectivity index (χ2v) is 4.27. The maximum absolute atomic E-state index is 11.6. The minimum absolute atomic E-state index is 0.00467. The maximum Gasteiger partial charge on any atom is 0.225 e. The normalized spacial score (nSPS) is 11.9. The largest absolute Gasteiger partial charge is 0.491 e. The van der Waals surface area contributed by atoms with E-state index in [1.807, 2.05) is 38.2 Å². The highest BCUT2D eigenvalue weighted by Crippen LogP contribution is 2.19. The molecular formula is C14H22N2O2. The van der Waals surface area contributed by atoms with Crippen molar-refractivity contribution in [2.75, 3.05) is 18.9 Å². The van der Waals surface area contributed by atoms with Crippen molar-refractivity contribution in [1.82, 2.24) is 5.32 Å². The first kappa shape index (κ1) is 14.5. The highest BCUT2D eigenvalue weighted by Gasteiger charge is 2.04. The number of hydrogen-bond acceptors (Lipinski definition) is 3. The highest BCUT2D eigenvalue weighted by atomic mass is 16.5. The number of rotatable bonds is 7. The van der Waals surface area contributed by atoms with Gasteiger partial charge in [-0.25, -0.2) is 0 Å². The number of carbonyl (C=O) groups is 1. The van der Waals surface area contributed by atoms with Crippen molar-refractivity contribution in [3.05, 3.63) is 24.3 Å². The first-order valence-electron chi connectivity index (χ1n) is 6.37. The molecule has 0 radical (unpaired) electrons. The van der Waals surface area contributed by atoms with Crippen LogP contribution in [0.2, 0.25) is 0 Å². The lowest BCUT2D eigenvalue weighted by atomic mass is 10.2. The van der Waals surface area contributed by atoms with Crippen LogP contribution in [0.5, 0.6) is 5.75 Å². The summed E-state index contributed by atoms with van der Waals surface area (Å²) in [5.41, 5.74) is 0.775. The van der Waals surface area contributed by atoms with Crippen molar-refractivity contribution in [2.24, 2.45) is 0 Å². The molecule has 2 N–H and O–H groups in total. The molecule has 100 valence electrons. The monoisotopic (exact) mass is 250 g/mol. The average molecular weight is 250 g/mol. The molecule has 0 aliphatic heterocycles. The molecule has 0 saturated carbocycles. The summed E-state index contributed by atoms with van der Waals surface area (Å²) < 4.78 is 5.70. The first-order chi connectivity index (χ1) is 8.65. The third-order valence-electron chi connectivity index (χ3n) is 2.63. The third-order valence-corrected chi connectivity index (χ3v) is 2.63. The Bertz CT molecular complexity index is 380. The Kier molecular flexibility index (Phi) is 6.22. The van der Waals surface area contributed by atoms with E-state index in [0.29, 0.717) is 13.0 Å². The predicted molar refractivity (Wildman–Crippen MR) is 74.0 cm³/mol. The van der Waals surface area contributed by atoms with Gasteiger partial charge in [-0.1, -0.05) is 13.0 Å². The summed E-state index contributed by atoms with van der Waals surface area (Å²) in [6, 6.07) is 7.49. The molecule has 1 rings (SSSR count). The van der Waals surface area contributed by atoms with Gasteiger partial charge in [-0.05, 0) is 32.5 Å². The van der Waals surface area contributed by atoms with E-state index in [2.05, 4.69) is 17.6 Å². The predicted octanol–water partition coefficient (Wildman–Crippen LogP) is 2.41. The molecule has 1 unspecified atom stereocenters. The van der Waals surface area contributed by atoms with Crippen molar-refractivity contribution in [3.8, 4) is 5.75 Å². The molecule has 0 saturated heterocycles. The fourth-order valence-corrected chi connectivity index (χ4v) is 1.42. The van der Waals surface area contributed by atoms with E-state index in [0.717, 1.165) is 17.9 Å². The molecule has 0 spiro atoms.